The zero-order chi connectivity index (χ0) is 15.3. The molecule has 0 aliphatic heterocycles. The van der Waals surface area contributed by atoms with Crippen LogP contribution in [0.5, 0.6) is 0 Å². The third kappa shape index (κ3) is 4.53. The maximum Gasteiger partial charge on any atom is 0.243 e. The summed E-state index contributed by atoms with van der Waals surface area (Å²) in [5.41, 5.74) is 0.998. The lowest BCUT2D eigenvalue weighted by Gasteiger charge is -2.05. The van der Waals surface area contributed by atoms with Crippen LogP contribution in [0.2, 0.25) is 5.02 Å². The van der Waals surface area contributed by atoms with E-state index in [1.807, 2.05) is 12.1 Å². The number of sulfonamides is 1. The summed E-state index contributed by atoms with van der Waals surface area (Å²) in [5, 5.41) is 13.3. The molecule has 0 radical (unpaired) electrons. The van der Waals surface area contributed by atoms with Crippen LogP contribution in [0.25, 0.3) is 0 Å². The molecule has 1 aromatic heterocycles. The van der Waals surface area contributed by atoms with Crippen LogP contribution in [-0.4, -0.2) is 36.5 Å². The minimum Gasteiger partial charge on any atom is -0.394 e. The van der Waals surface area contributed by atoms with Crippen molar-refractivity contribution in [3.8, 4) is 0 Å². The van der Waals surface area contributed by atoms with E-state index in [-0.39, 0.29) is 24.6 Å². The fraction of sp³-hybridized carbons (Fsp3) is 0.308. The van der Waals surface area contributed by atoms with E-state index in [2.05, 4.69) is 9.82 Å². The second kappa shape index (κ2) is 7.04. The van der Waals surface area contributed by atoms with Gasteiger partial charge in [0.05, 0.1) is 19.3 Å². The SMILES string of the molecule is O=S(=O)(NCCc1ccc(Cl)cc1)c1cnn(CCO)c1. The van der Waals surface area contributed by atoms with E-state index in [1.54, 1.807) is 12.1 Å². The topological polar surface area (TPSA) is 84.2 Å². The molecule has 0 aliphatic carbocycles. The Labute approximate surface area is 128 Å². The lowest BCUT2D eigenvalue weighted by molar-refractivity contribution is 0.269. The molecule has 0 spiro atoms. The van der Waals surface area contributed by atoms with Gasteiger partial charge < -0.3 is 5.11 Å². The average molecular weight is 330 g/mol. The molecule has 2 N–H and O–H groups in total. The molecular weight excluding hydrogens is 314 g/mol. The van der Waals surface area contributed by atoms with Crippen LogP contribution in [-0.2, 0) is 23.0 Å². The fourth-order valence-electron chi connectivity index (χ4n) is 1.77. The summed E-state index contributed by atoms with van der Waals surface area (Å²) < 4.78 is 28.0. The fourth-order valence-corrected chi connectivity index (χ4v) is 2.88. The highest BCUT2D eigenvalue weighted by atomic mass is 35.5. The molecule has 0 fully saturated rings. The molecule has 114 valence electrons. The molecule has 0 saturated heterocycles. The minimum absolute atomic E-state index is 0.0899. The lowest BCUT2D eigenvalue weighted by Crippen LogP contribution is -2.25. The second-order valence-electron chi connectivity index (χ2n) is 4.44. The molecular formula is C13H16ClN3O3S. The first-order chi connectivity index (χ1) is 10.0. The summed E-state index contributed by atoms with van der Waals surface area (Å²) in [7, 11) is -3.58. The van der Waals surface area contributed by atoms with Gasteiger partial charge in [-0.2, -0.15) is 5.10 Å². The molecule has 0 atom stereocenters. The van der Waals surface area contributed by atoms with E-state index in [9.17, 15) is 8.42 Å². The Bertz CT molecular complexity index is 683. The Balaban J connectivity index is 1.92. The van der Waals surface area contributed by atoms with Crippen molar-refractivity contribution in [1.29, 1.82) is 0 Å². The third-order valence-corrected chi connectivity index (χ3v) is 4.54. The normalized spacial score (nSPS) is 11.7. The maximum atomic E-state index is 12.0. The van der Waals surface area contributed by atoms with Crippen LogP contribution in [0, 0.1) is 0 Å². The molecule has 1 heterocycles. The van der Waals surface area contributed by atoms with Crippen molar-refractivity contribution >= 4 is 21.6 Å². The Morgan fingerprint density at radius 1 is 1.29 bits per heavy atom. The molecule has 0 bridgehead atoms. The van der Waals surface area contributed by atoms with Crippen molar-refractivity contribution < 1.29 is 13.5 Å². The number of benzene rings is 1. The molecule has 2 rings (SSSR count). The number of halogens is 1. The van der Waals surface area contributed by atoms with Gasteiger partial charge in [0.1, 0.15) is 4.90 Å². The van der Waals surface area contributed by atoms with Crippen LogP contribution in [0.4, 0.5) is 0 Å². The highest BCUT2D eigenvalue weighted by Crippen LogP contribution is 2.10. The Morgan fingerprint density at radius 2 is 2.00 bits per heavy atom. The van der Waals surface area contributed by atoms with Crippen LogP contribution >= 0.6 is 11.6 Å². The van der Waals surface area contributed by atoms with Crippen molar-refractivity contribution in [2.45, 2.75) is 17.9 Å². The summed E-state index contributed by atoms with van der Waals surface area (Å²) in [5.74, 6) is 0. The summed E-state index contributed by atoms with van der Waals surface area (Å²) in [6.45, 7) is 0.459. The number of nitrogens with zero attached hydrogens (tertiary/aromatic N) is 2. The smallest absolute Gasteiger partial charge is 0.243 e. The molecule has 2 aromatic rings. The number of nitrogens with one attached hydrogen (secondary N) is 1. The maximum absolute atomic E-state index is 12.0. The summed E-state index contributed by atoms with van der Waals surface area (Å²) >= 11 is 5.79. The molecule has 0 amide bonds. The van der Waals surface area contributed by atoms with E-state index in [0.29, 0.717) is 11.4 Å². The predicted octanol–water partition coefficient (Wildman–Crippen LogP) is 1.05. The first-order valence-corrected chi connectivity index (χ1v) is 8.25. The molecule has 21 heavy (non-hydrogen) atoms. The van der Waals surface area contributed by atoms with E-state index in [1.165, 1.54) is 17.1 Å². The summed E-state index contributed by atoms with van der Waals surface area (Å²) in [4.78, 5) is 0.0899. The summed E-state index contributed by atoms with van der Waals surface area (Å²) in [6.07, 6.45) is 3.22. The Morgan fingerprint density at radius 3 is 2.67 bits per heavy atom. The lowest BCUT2D eigenvalue weighted by atomic mass is 10.2. The van der Waals surface area contributed by atoms with Gasteiger partial charge in [-0.15, -0.1) is 0 Å². The second-order valence-corrected chi connectivity index (χ2v) is 6.64. The third-order valence-electron chi connectivity index (χ3n) is 2.87. The van der Waals surface area contributed by atoms with Crippen molar-refractivity contribution in [2.75, 3.05) is 13.2 Å². The number of hydrogen-bond acceptors (Lipinski definition) is 4. The van der Waals surface area contributed by atoms with Gasteiger partial charge in [-0.25, -0.2) is 13.1 Å². The van der Waals surface area contributed by atoms with Crippen molar-refractivity contribution in [3.63, 3.8) is 0 Å². The standard InChI is InChI=1S/C13H16ClN3O3S/c14-12-3-1-11(2-4-12)5-6-16-21(19,20)13-9-15-17(10-13)7-8-18/h1-4,9-10,16,18H,5-8H2. The van der Waals surface area contributed by atoms with Crippen LogP contribution in [0.1, 0.15) is 5.56 Å². The van der Waals surface area contributed by atoms with Gasteiger partial charge >= 0.3 is 0 Å². The largest absolute Gasteiger partial charge is 0.394 e. The molecule has 6 nitrogen and oxygen atoms in total. The highest BCUT2D eigenvalue weighted by molar-refractivity contribution is 7.89. The number of hydrogen-bond donors (Lipinski definition) is 2. The van der Waals surface area contributed by atoms with Gasteiger partial charge in [0.15, 0.2) is 0 Å². The quantitative estimate of drug-likeness (QED) is 0.795. The minimum atomic E-state index is -3.58. The first-order valence-electron chi connectivity index (χ1n) is 6.39. The van der Waals surface area contributed by atoms with E-state index < -0.39 is 10.0 Å². The first kappa shape index (κ1) is 16.0. The molecule has 0 unspecified atom stereocenters. The van der Waals surface area contributed by atoms with Crippen molar-refractivity contribution in [2.24, 2.45) is 0 Å². The molecule has 8 heteroatoms. The zero-order valence-corrected chi connectivity index (χ0v) is 12.8. The number of aliphatic hydroxyl groups excluding tert-OH is 1. The summed E-state index contributed by atoms with van der Waals surface area (Å²) in [6, 6.07) is 7.25. The van der Waals surface area contributed by atoms with Gasteiger partial charge in [-0.3, -0.25) is 4.68 Å². The van der Waals surface area contributed by atoms with Crippen molar-refractivity contribution in [1.82, 2.24) is 14.5 Å². The zero-order valence-electron chi connectivity index (χ0n) is 11.2. The van der Waals surface area contributed by atoms with Crippen LogP contribution in [0.3, 0.4) is 0 Å². The molecule has 1 aromatic carbocycles. The van der Waals surface area contributed by atoms with Crippen molar-refractivity contribution in [3.05, 3.63) is 47.2 Å². The van der Waals surface area contributed by atoms with E-state index in [4.69, 9.17) is 16.7 Å². The van der Waals surface area contributed by atoms with Gasteiger partial charge in [0.2, 0.25) is 10.0 Å². The Hall–Kier alpha value is -1.41. The Kier molecular flexibility index (Phi) is 5.35. The monoisotopic (exact) mass is 329 g/mol. The van der Waals surface area contributed by atoms with Gasteiger partial charge in [0.25, 0.3) is 0 Å². The average Bonchev–Trinajstić information content (AvgIpc) is 2.91. The van der Waals surface area contributed by atoms with E-state index >= 15 is 0 Å². The van der Waals surface area contributed by atoms with E-state index in [0.717, 1.165) is 5.56 Å². The van der Waals surface area contributed by atoms with Gasteiger partial charge in [0, 0.05) is 17.8 Å². The van der Waals surface area contributed by atoms with Crippen LogP contribution < -0.4 is 4.72 Å². The van der Waals surface area contributed by atoms with Gasteiger partial charge in [-0.1, -0.05) is 23.7 Å². The van der Waals surface area contributed by atoms with Gasteiger partial charge in [-0.05, 0) is 24.1 Å². The number of aromatic nitrogens is 2. The number of aliphatic hydroxyl groups is 1. The molecule has 0 saturated carbocycles. The number of rotatable bonds is 7. The van der Waals surface area contributed by atoms with Crippen LogP contribution in [0.15, 0.2) is 41.6 Å². The predicted molar refractivity (Wildman–Crippen MR) is 79.7 cm³/mol. The molecule has 0 aliphatic rings. The highest BCUT2D eigenvalue weighted by Gasteiger charge is 2.15.